The monoisotopic (exact) mass is 352 g/mol. The first-order chi connectivity index (χ1) is 11.5. The molecular weight excluding hydrogens is 328 g/mol. The number of aryl methyl sites for hydroxylation is 1. The molecule has 2 aliphatic heterocycles. The van der Waals surface area contributed by atoms with E-state index in [1.165, 1.54) is 11.8 Å². The van der Waals surface area contributed by atoms with Crippen LogP contribution in [0, 0.1) is 0 Å². The van der Waals surface area contributed by atoms with Crippen LogP contribution in [-0.2, 0) is 11.2 Å². The second-order valence-electron chi connectivity index (χ2n) is 6.46. The van der Waals surface area contributed by atoms with Crippen molar-refractivity contribution in [2.45, 2.75) is 48.7 Å². The van der Waals surface area contributed by atoms with Crippen molar-refractivity contribution < 1.29 is 20.1 Å². The van der Waals surface area contributed by atoms with E-state index in [-0.39, 0.29) is 5.44 Å². The van der Waals surface area contributed by atoms with Gasteiger partial charge in [-0.15, -0.1) is 0 Å². The molecule has 6 nitrogen and oxygen atoms in total. The van der Waals surface area contributed by atoms with E-state index >= 15 is 0 Å². The molecule has 0 saturated carbocycles. The van der Waals surface area contributed by atoms with Gasteiger partial charge in [0, 0.05) is 14.1 Å². The summed E-state index contributed by atoms with van der Waals surface area (Å²) in [5, 5.41) is 31.9. The van der Waals surface area contributed by atoms with Crippen molar-refractivity contribution in [2.75, 3.05) is 14.1 Å². The third kappa shape index (κ3) is 3.60. The maximum atomic E-state index is 10.5. The highest BCUT2D eigenvalue weighted by molar-refractivity contribution is 8.14. The summed E-state index contributed by atoms with van der Waals surface area (Å²) in [6.45, 7) is 0. The maximum Gasteiger partial charge on any atom is 0.161 e. The van der Waals surface area contributed by atoms with Gasteiger partial charge in [0.05, 0.1) is 6.10 Å². The van der Waals surface area contributed by atoms with Crippen LogP contribution in [0.4, 0.5) is 0 Å². The molecule has 1 aromatic carbocycles. The lowest BCUT2D eigenvalue weighted by molar-refractivity contribution is -0.185. The Balaban J connectivity index is 1.63. The van der Waals surface area contributed by atoms with Gasteiger partial charge in [-0.25, -0.2) is 0 Å². The Kier molecular flexibility index (Phi) is 5.46. The number of ether oxygens (including phenoxy) is 1. The van der Waals surface area contributed by atoms with Crippen LogP contribution in [0.15, 0.2) is 35.3 Å². The quantitative estimate of drug-likeness (QED) is 0.730. The van der Waals surface area contributed by atoms with E-state index < -0.39 is 30.5 Å². The number of amidine groups is 1. The molecule has 1 aromatic rings. The van der Waals surface area contributed by atoms with Gasteiger partial charge in [0.25, 0.3) is 0 Å². The molecule has 0 radical (unpaired) electrons. The van der Waals surface area contributed by atoms with Crippen molar-refractivity contribution in [1.82, 2.24) is 4.90 Å². The minimum absolute atomic E-state index is 0.378. The standard InChI is InChI=1S/C17H24N2O4S/c1-19(2)17-18-12-13(21)14(22)15(23-16(12)24-17)11(20)9-8-10-6-4-3-5-7-10/h3-7,11-16,20-22H,8-9H2,1-2H3/t11-,12+,13+,14-,15+,16+/m0/s1. The highest BCUT2D eigenvalue weighted by Gasteiger charge is 2.50. The van der Waals surface area contributed by atoms with E-state index in [0.29, 0.717) is 12.8 Å². The summed E-state index contributed by atoms with van der Waals surface area (Å²) in [4.78, 5) is 6.27. The second kappa shape index (κ2) is 7.41. The Labute approximate surface area is 146 Å². The van der Waals surface area contributed by atoms with Gasteiger partial charge in [-0.1, -0.05) is 42.1 Å². The molecule has 2 aliphatic rings. The second-order valence-corrected chi connectivity index (χ2v) is 7.52. The minimum Gasteiger partial charge on any atom is -0.390 e. The lowest BCUT2D eigenvalue weighted by Gasteiger charge is -2.40. The number of aliphatic imine (C=N–C) groups is 1. The fourth-order valence-corrected chi connectivity index (χ4v) is 4.18. The predicted molar refractivity (Wildman–Crippen MR) is 93.9 cm³/mol. The van der Waals surface area contributed by atoms with Gasteiger partial charge in [0.2, 0.25) is 0 Å². The summed E-state index contributed by atoms with van der Waals surface area (Å²) in [5.41, 5.74) is 0.742. The van der Waals surface area contributed by atoms with Gasteiger partial charge in [-0.3, -0.25) is 4.99 Å². The Bertz CT molecular complexity index is 583. The zero-order chi connectivity index (χ0) is 17.3. The number of aliphatic hydroxyl groups is 3. The molecule has 3 rings (SSSR count). The number of benzene rings is 1. The van der Waals surface area contributed by atoms with Crippen LogP contribution >= 0.6 is 11.8 Å². The van der Waals surface area contributed by atoms with E-state index in [2.05, 4.69) is 4.99 Å². The van der Waals surface area contributed by atoms with E-state index in [9.17, 15) is 15.3 Å². The SMILES string of the molecule is CN(C)C1=N[C@@H]2[C@@H](O)[C@H](O)[C@@H]([C@@H](O)CCc3ccccc3)O[C@@H]2S1. The van der Waals surface area contributed by atoms with Gasteiger partial charge in [-0.2, -0.15) is 0 Å². The minimum atomic E-state index is -1.15. The maximum absolute atomic E-state index is 10.5. The van der Waals surface area contributed by atoms with Gasteiger partial charge in [-0.05, 0) is 18.4 Å². The Morgan fingerprint density at radius 2 is 1.92 bits per heavy atom. The number of hydrogen-bond donors (Lipinski definition) is 3. The Morgan fingerprint density at radius 1 is 1.21 bits per heavy atom. The fraction of sp³-hybridized carbons (Fsp3) is 0.588. The van der Waals surface area contributed by atoms with Crippen molar-refractivity contribution in [1.29, 1.82) is 0 Å². The molecule has 7 heteroatoms. The van der Waals surface area contributed by atoms with Crippen molar-refractivity contribution in [2.24, 2.45) is 4.99 Å². The molecule has 3 N–H and O–H groups in total. The lowest BCUT2D eigenvalue weighted by Crippen LogP contribution is -2.58. The number of hydrogen-bond acceptors (Lipinski definition) is 7. The largest absolute Gasteiger partial charge is 0.390 e. The van der Waals surface area contributed by atoms with Crippen LogP contribution in [0.25, 0.3) is 0 Å². The number of thioether (sulfide) groups is 1. The topological polar surface area (TPSA) is 85.5 Å². The fourth-order valence-electron chi connectivity index (χ4n) is 3.03. The van der Waals surface area contributed by atoms with Crippen LogP contribution in [0.5, 0.6) is 0 Å². The van der Waals surface area contributed by atoms with Crippen LogP contribution in [0.1, 0.15) is 12.0 Å². The number of rotatable bonds is 4. The predicted octanol–water partition coefficient (Wildman–Crippen LogP) is 0.460. The van der Waals surface area contributed by atoms with Crippen LogP contribution in [0.3, 0.4) is 0 Å². The van der Waals surface area contributed by atoms with E-state index in [1.807, 2.05) is 49.3 Å². The zero-order valence-electron chi connectivity index (χ0n) is 13.8. The highest BCUT2D eigenvalue weighted by atomic mass is 32.2. The molecule has 0 aromatic heterocycles. The first-order valence-corrected chi connectivity index (χ1v) is 9.00. The van der Waals surface area contributed by atoms with Crippen molar-refractivity contribution >= 4 is 16.9 Å². The van der Waals surface area contributed by atoms with Crippen molar-refractivity contribution in [3.63, 3.8) is 0 Å². The zero-order valence-corrected chi connectivity index (χ0v) is 14.6. The number of fused-ring (bicyclic) bond motifs is 1. The molecule has 2 heterocycles. The summed E-state index contributed by atoms with van der Waals surface area (Å²) < 4.78 is 5.89. The molecule has 0 unspecified atom stereocenters. The summed E-state index contributed by atoms with van der Waals surface area (Å²) >= 11 is 1.42. The third-order valence-corrected chi connectivity index (χ3v) is 5.72. The first kappa shape index (κ1) is 17.7. The van der Waals surface area contributed by atoms with E-state index in [1.54, 1.807) is 0 Å². The summed E-state index contributed by atoms with van der Waals surface area (Å²) in [6.07, 6.45) is -2.70. The molecular formula is C17H24N2O4S. The van der Waals surface area contributed by atoms with Gasteiger partial charge in [0.1, 0.15) is 29.8 Å². The van der Waals surface area contributed by atoms with Gasteiger partial charge >= 0.3 is 0 Å². The molecule has 1 fully saturated rings. The van der Waals surface area contributed by atoms with Crippen LogP contribution in [0.2, 0.25) is 0 Å². The first-order valence-electron chi connectivity index (χ1n) is 8.12. The van der Waals surface area contributed by atoms with Crippen molar-refractivity contribution in [3.05, 3.63) is 35.9 Å². The smallest absolute Gasteiger partial charge is 0.161 e. The van der Waals surface area contributed by atoms with E-state index in [0.717, 1.165) is 10.7 Å². The Hall–Kier alpha value is -1.12. The average molecular weight is 352 g/mol. The lowest BCUT2D eigenvalue weighted by atomic mass is 9.92. The summed E-state index contributed by atoms with van der Waals surface area (Å²) in [5.74, 6) is 0. The molecule has 0 bridgehead atoms. The molecule has 0 aliphatic carbocycles. The molecule has 24 heavy (non-hydrogen) atoms. The molecule has 6 atom stereocenters. The summed E-state index contributed by atoms with van der Waals surface area (Å²) in [7, 11) is 3.75. The number of aliphatic hydroxyl groups excluding tert-OH is 3. The van der Waals surface area contributed by atoms with E-state index in [4.69, 9.17) is 4.74 Å². The van der Waals surface area contributed by atoms with Gasteiger partial charge in [0.15, 0.2) is 5.17 Å². The molecule has 1 saturated heterocycles. The molecule has 0 spiro atoms. The molecule has 132 valence electrons. The normalized spacial score (nSPS) is 33.7. The highest BCUT2D eigenvalue weighted by Crippen LogP contribution is 2.38. The van der Waals surface area contributed by atoms with Crippen LogP contribution < -0.4 is 0 Å². The molecule has 0 amide bonds. The van der Waals surface area contributed by atoms with Crippen molar-refractivity contribution in [3.8, 4) is 0 Å². The average Bonchev–Trinajstić information content (AvgIpc) is 3.01. The number of nitrogens with zero attached hydrogens (tertiary/aromatic N) is 2. The summed E-state index contributed by atoms with van der Waals surface area (Å²) in [6, 6.07) is 9.36. The Morgan fingerprint density at radius 3 is 2.58 bits per heavy atom. The van der Waals surface area contributed by atoms with Crippen LogP contribution in [-0.4, -0.2) is 75.4 Å². The third-order valence-electron chi connectivity index (χ3n) is 4.42. The van der Waals surface area contributed by atoms with Gasteiger partial charge < -0.3 is 25.0 Å².